The van der Waals surface area contributed by atoms with Gasteiger partial charge in [0.25, 0.3) is 5.91 Å². The first-order valence-corrected chi connectivity index (χ1v) is 9.93. The third-order valence-electron chi connectivity index (χ3n) is 4.14. The lowest BCUT2D eigenvalue weighted by atomic mass is 10.0. The van der Waals surface area contributed by atoms with Crippen LogP contribution in [0.4, 0.5) is 5.13 Å². The van der Waals surface area contributed by atoms with E-state index in [0.717, 1.165) is 16.2 Å². The third kappa shape index (κ3) is 4.47. The number of nitrogen functional groups attached to an aromatic ring is 1. The number of nitrogens with two attached hydrogens (primary N) is 2. The number of halogens is 1. The van der Waals surface area contributed by atoms with E-state index >= 15 is 0 Å². The average molecular weight is 464 g/mol. The number of anilines is 1. The number of aliphatic carboxylic acids is 1. The number of amides is 2. The van der Waals surface area contributed by atoms with E-state index in [2.05, 4.69) is 10.3 Å². The molecule has 2 aliphatic rings. The Kier molecular flexibility index (Phi) is 7.11. The predicted molar refractivity (Wildman–Crippen MR) is 107 cm³/mol. The Morgan fingerprint density at radius 1 is 1.48 bits per heavy atom. The number of nitrogens with zero attached hydrogens (tertiary/aromatic N) is 2. The van der Waals surface area contributed by atoms with Crippen molar-refractivity contribution in [1.29, 1.82) is 0 Å². The molecule has 11 nitrogen and oxygen atoms in total. The number of carboxylic acid groups (broad SMARTS) is 1. The highest BCUT2D eigenvalue weighted by Crippen LogP contribution is 2.40. The fourth-order valence-electron chi connectivity index (χ4n) is 2.80. The minimum Gasteiger partial charge on any atom is -0.477 e. The zero-order chi connectivity index (χ0) is 20.6. The van der Waals surface area contributed by atoms with Crippen LogP contribution in [-0.2, 0) is 23.9 Å². The smallest absolute Gasteiger partial charge is 0.352 e. The van der Waals surface area contributed by atoms with E-state index in [9.17, 15) is 24.3 Å². The first-order valence-electron chi connectivity index (χ1n) is 8.01. The minimum absolute atomic E-state index is 0. The maximum atomic E-state index is 12.5. The summed E-state index contributed by atoms with van der Waals surface area (Å²) in [6.45, 7) is 0.993. The topological polar surface area (TPSA) is 178 Å². The van der Waals surface area contributed by atoms with E-state index in [1.54, 1.807) is 5.38 Å². The first-order chi connectivity index (χ1) is 13.2. The number of hydrogen-bond acceptors (Lipinski definition) is 10. The highest BCUT2D eigenvalue weighted by Gasteiger charge is 2.54. The summed E-state index contributed by atoms with van der Waals surface area (Å²) in [4.78, 5) is 52.5. The summed E-state index contributed by atoms with van der Waals surface area (Å²) >= 11 is 2.40. The number of thiazole rings is 1. The summed E-state index contributed by atoms with van der Waals surface area (Å²) in [5, 5.41) is 13.3. The van der Waals surface area contributed by atoms with Crippen LogP contribution < -0.4 is 16.8 Å². The standard InChI is InChI=1S/C15H17N5O6S2.ClH/c1-5(21)26-2-6-3-27-13-9(12(23)20(13)10(6)14(24)25)19-11(22)8(16)7-4-28-15(17)18-7;/h4,8-9,13H,2-3,16H2,1H3,(H2,17,18)(H,19,22)(H,24,25);1H/t8?,9-,13-;/m1./s1. The van der Waals surface area contributed by atoms with Gasteiger partial charge in [-0.15, -0.1) is 35.5 Å². The van der Waals surface area contributed by atoms with Crippen LogP contribution >= 0.6 is 35.5 Å². The van der Waals surface area contributed by atoms with Gasteiger partial charge in [0, 0.05) is 23.6 Å². The summed E-state index contributed by atoms with van der Waals surface area (Å²) in [7, 11) is 0. The Bertz CT molecular complexity index is 890. The van der Waals surface area contributed by atoms with Gasteiger partial charge in [-0.2, -0.15) is 0 Å². The number of carbonyl (C=O) groups excluding carboxylic acids is 3. The van der Waals surface area contributed by atoms with Crippen molar-refractivity contribution in [2.75, 3.05) is 18.1 Å². The molecule has 0 bridgehead atoms. The molecule has 6 N–H and O–H groups in total. The number of fused-ring (bicyclic) bond motifs is 1. The molecule has 2 amide bonds. The number of β-lactam (4-membered cyclic amide) rings is 1. The van der Waals surface area contributed by atoms with Gasteiger partial charge in [0.15, 0.2) is 5.13 Å². The molecule has 1 aromatic heterocycles. The second-order valence-electron chi connectivity index (χ2n) is 6.02. The molecule has 3 atom stereocenters. The molecule has 3 rings (SSSR count). The first kappa shape index (κ1) is 22.9. The molecular formula is C15H18ClN5O6S2. The molecule has 14 heteroatoms. The highest BCUT2D eigenvalue weighted by molar-refractivity contribution is 8.00. The SMILES string of the molecule is CC(=O)OCC1=C(C(=O)O)N2C(=O)[C@@H](NC(=O)C(N)c3csc(N)n3)[C@H]2SC1.Cl. The van der Waals surface area contributed by atoms with Gasteiger partial charge in [0.2, 0.25) is 5.91 Å². The van der Waals surface area contributed by atoms with Crippen molar-refractivity contribution in [3.63, 3.8) is 0 Å². The molecule has 1 unspecified atom stereocenters. The Morgan fingerprint density at radius 2 is 2.17 bits per heavy atom. The minimum atomic E-state index is -1.31. The molecule has 0 aromatic carbocycles. The molecule has 1 fully saturated rings. The fraction of sp³-hybridized carbons (Fsp3) is 0.400. The van der Waals surface area contributed by atoms with Crippen molar-refractivity contribution in [1.82, 2.24) is 15.2 Å². The van der Waals surface area contributed by atoms with Gasteiger partial charge < -0.3 is 26.6 Å². The van der Waals surface area contributed by atoms with Gasteiger partial charge in [0.05, 0.1) is 5.69 Å². The number of thioether (sulfide) groups is 1. The van der Waals surface area contributed by atoms with Crippen molar-refractivity contribution < 1.29 is 29.0 Å². The Labute approximate surface area is 179 Å². The molecule has 1 saturated heterocycles. The lowest BCUT2D eigenvalue weighted by Gasteiger charge is -2.49. The van der Waals surface area contributed by atoms with E-state index in [4.69, 9.17) is 16.2 Å². The van der Waals surface area contributed by atoms with Gasteiger partial charge in [-0.25, -0.2) is 9.78 Å². The van der Waals surface area contributed by atoms with Crippen LogP contribution in [0.3, 0.4) is 0 Å². The number of carbonyl (C=O) groups is 4. The van der Waals surface area contributed by atoms with Crippen molar-refractivity contribution in [2.45, 2.75) is 24.4 Å². The van der Waals surface area contributed by atoms with E-state index in [-0.39, 0.29) is 41.3 Å². The summed E-state index contributed by atoms with van der Waals surface area (Å²) in [6.07, 6.45) is 0. The van der Waals surface area contributed by atoms with Crippen molar-refractivity contribution in [3.8, 4) is 0 Å². The van der Waals surface area contributed by atoms with Crippen molar-refractivity contribution in [3.05, 3.63) is 22.3 Å². The number of aromatic nitrogens is 1. The van der Waals surface area contributed by atoms with Crippen LogP contribution in [0.15, 0.2) is 16.7 Å². The van der Waals surface area contributed by atoms with Crippen LogP contribution in [0.2, 0.25) is 0 Å². The van der Waals surface area contributed by atoms with Gasteiger partial charge in [-0.05, 0) is 0 Å². The number of hydrogen-bond donors (Lipinski definition) is 4. The lowest BCUT2D eigenvalue weighted by molar-refractivity contribution is -0.151. The number of carboxylic acids is 1. The normalized spacial score (nSPS) is 21.4. The van der Waals surface area contributed by atoms with Crippen LogP contribution in [0.5, 0.6) is 0 Å². The van der Waals surface area contributed by atoms with E-state index < -0.39 is 41.2 Å². The Hall–Kier alpha value is -2.35. The fourth-order valence-corrected chi connectivity index (χ4v) is 4.73. The molecule has 0 radical (unpaired) electrons. The molecule has 0 saturated carbocycles. The van der Waals surface area contributed by atoms with Gasteiger partial charge in [-0.3, -0.25) is 19.3 Å². The maximum absolute atomic E-state index is 12.5. The van der Waals surface area contributed by atoms with Crippen molar-refractivity contribution >= 4 is 64.4 Å². The number of rotatable bonds is 6. The molecule has 29 heavy (non-hydrogen) atoms. The number of nitrogens with one attached hydrogen (secondary N) is 1. The molecular weight excluding hydrogens is 446 g/mol. The van der Waals surface area contributed by atoms with Crippen LogP contribution in [-0.4, -0.2) is 62.5 Å². The summed E-state index contributed by atoms with van der Waals surface area (Å²) in [5.41, 5.74) is 11.8. The van der Waals surface area contributed by atoms with Gasteiger partial charge in [0.1, 0.15) is 29.8 Å². The summed E-state index contributed by atoms with van der Waals surface area (Å²) in [6, 6.07) is -2.01. The average Bonchev–Trinajstić information content (AvgIpc) is 3.08. The van der Waals surface area contributed by atoms with E-state index in [0.29, 0.717) is 5.57 Å². The molecule has 158 valence electrons. The van der Waals surface area contributed by atoms with Crippen LogP contribution in [0, 0.1) is 0 Å². The Morgan fingerprint density at radius 3 is 2.72 bits per heavy atom. The summed E-state index contributed by atoms with van der Waals surface area (Å²) < 4.78 is 4.86. The second kappa shape index (κ2) is 8.98. The molecule has 1 aromatic rings. The molecule has 0 aliphatic carbocycles. The largest absolute Gasteiger partial charge is 0.477 e. The van der Waals surface area contributed by atoms with Crippen LogP contribution in [0.1, 0.15) is 18.7 Å². The predicted octanol–water partition coefficient (Wildman–Crippen LogP) is -0.551. The van der Waals surface area contributed by atoms with Crippen LogP contribution in [0.25, 0.3) is 0 Å². The zero-order valence-corrected chi connectivity index (χ0v) is 17.4. The van der Waals surface area contributed by atoms with Crippen molar-refractivity contribution in [2.24, 2.45) is 5.73 Å². The lowest BCUT2D eigenvalue weighted by Crippen LogP contribution is -2.71. The highest BCUT2D eigenvalue weighted by atomic mass is 35.5. The molecule has 3 heterocycles. The molecule has 0 spiro atoms. The van der Waals surface area contributed by atoms with E-state index in [1.807, 2.05) is 0 Å². The molecule has 2 aliphatic heterocycles. The monoisotopic (exact) mass is 463 g/mol. The Balaban J connectivity index is 0.00000300. The number of ether oxygens (including phenoxy) is 1. The van der Waals surface area contributed by atoms with Gasteiger partial charge in [-0.1, -0.05) is 0 Å². The maximum Gasteiger partial charge on any atom is 0.352 e. The number of esters is 1. The second-order valence-corrected chi connectivity index (χ2v) is 8.02. The third-order valence-corrected chi connectivity index (χ3v) is 6.17. The van der Waals surface area contributed by atoms with E-state index in [1.165, 1.54) is 18.7 Å². The van der Waals surface area contributed by atoms with Gasteiger partial charge >= 0.3 is 11.9 Å². The zero-order valence-electron chi connectivity index (χ0n) is 15.0. The quantitative estimate of drug-likeness (QED) is 0.316. The summed E-state index contributed by atoms with van der Waals surface area (Å²) in [5.74, 6) is -2.81.